The van der Waals surface area contributed by atoms with Gasteiger partial charge < -0.3 is 8.98 Å². The molecule has 0 saturated heterocycles. The zero-order valence-electron chi connectivity index (χ0n) is 17.3. The summed E-state index contributed by atoms with van der Waals surface area (Å²) in [5, 5.41) is 4.81. The number of hydrogen-bond acceptors (Lipinski definition) is 1. The van der Waals surface area contributed by atoms with Gasteiger partial charge in [-0.15, -0.1) is 0 Å². The summed E-state index contributed by atoms with van der Waals surface area (Å²) in [5.74, 6) is 0. The van der Waals surface area contributed by atoms with Crippen LogP contribution >= 0.6 is 0 Å². The van der Waals surface area contributed by atoms with Crippen molar-refractivity contribution in [1.82, 2.24) is 4.57 Å². The van der Waals surface area contributed by atoms with E-state index in [-0.39, 0.29) is 0 Å². The first-order chi connectivity index (χ1) is 15.9. The third-order valence-corrected chi connectivity index (χ3v) is 6.38. The normalized spacial score (nSPS) is 11.8. The SMILES string of the molecule is c1ccc(-c2cccc(-n3c4ccccc4c4cc5c(cc43)oc3ccccc35)c2)cc1. The van der Waals surface area contributed by atoms with Gasteiger partial charge in [-0.2, -0.15) is 0 Å². The Bertz CT molecular complexity index is 1770. The summed E-state index contributed by atoms with van der Waals surface area (Å²) >= 11 is 0. The van der Waals surface area contributed by atoms with Gasteiger partial charge in [0.05, 0.1) is 11.0 Å². The number of nitrogens with zero attached hydrogens (tertiary/aromatic N) is 1. The van der Waals surface area contributed by atoms with Crippen LogP contribution in [0.25, 0.3) is 60.6 Å². The summed E-state index contributed by atoms with van der Waals surface area (Å²) in [5.41, 5.74) is 7.77. The molecular formula is C30H19NO. The molecule has 0 radical (unpaired) electrons. The Morgan fingerprint density at radius 2 is 1.19 bits per heavy atom. The first-order valence-corrected chi connectivity index (χ1v) is 10.9. The van der Waals surface area contributed by atoms with Gasteiger partial charge in [-0.05, 0) is 41.5 Å². The van der Waals surface area contributed by atoms with Crippen molar-refractivity contribution in [2.75, 3.05) is 0 Å². The van der Waals surface area contributed by atoms with Crippen LogP contribution in [0.1, 0.15) is 0 Å². The molecule has 0 atom stereocenters. The van der Waals surface area contributed by atoms with Crippen molar-refractivity contribution in [2.24, 2.45) is 0 Å². The summed E-state index contributed by atoms with van der Waals surface area (Å²) in [6, 6.07) is 40.7. The molecule has 7 aromatic rings. The Morgan fingerprint density at radius 1 is 0.438 bits per heavy atom. The van der Waals surface area contributed by atoms with E-state index in [1.807, 2.05) is 12.1 Å². The van der Waals surface area contributed by atoms with Crippen LogP contribution < -0.4 is 0 Å². The molecular weight excluding hydrogens is 390 g/mol. The third-order valence-electron chi connectivity index (χ3n) is 6.38. The van der Waals surface area contributed by atoms with Gasteiger partial charge in [-0.25, -0.2) is 0 Å². The van der Waals surface area contributed by atoms with Crippen molar-refractivity contribution in [3.8, 4) is 16.8 Å². The van der Waals surface area contributed by atoms with Gasteiger partial charge in [-0.1, -0.05) is 78.9 Å². The highest BCUT2D eigenvalue weighted by molar-refractivity contribution is 6.17. The Hall–Kier alpha value is -4.30. The highest BCUT2D eigenvalue weighted by Gasteiger charge is 2.16. The van der Waals surface area contributed by atoms with Gasteiger partial charge >= 0.3 is 0 Å². The van der Waals surface area contributed by atoms with E-state index in [0.29, 0.717) is 0 Å². The van der Waals surface area contributed by atoms with Crippen LogP contribution in [0.4, 0.5) is 0 Å². The molecule has 0 bridgehead atoms. The molecule has 7 rings (SSSR count). The van der Waals surface area contributed by atoms with E-state index in [1.165, 1.54) is 27.4 Å². The summed E-state index contributed by atoms with van der Waals surface area (Å²) < 4.78 is 8.58. The van der Waals surface area contributed by atoms with E-state index < -0.39 is 0 Å². The molecule has 0 saturated carbocycles. The lowest BCUT2D eigenvalue weighted by Gasteiger charge is -2.10. The minimum absolute atomic E-state index is 0.918. The lowest BCUT2D eigenvalue weighted by Crippen LogP contribution is -1.94. The second kappa shape index (κ2) is 6.60. The van der Waals surface area contributed by atoms with Crippen LogP contribution in [0.2, 0.25) is 0 Å². The summed E-state index contributed by atoms with van der Waals surface area (Å²) in [7, 11) is 0. The summed E-state index contributed by atoms with van der Waals surface area (Å²) in [6.07, 6.45) is 0. The van der Waals surface area contributed by atoms with Crippen molar-refractivity contribution >= 4 is 43.7 Å². The van der Waals surface area contributed by atoms with Crippen molar-refractivity contribution in [3.63, 3.8) is 0 Å². The first-order valence-electron chi connectivity index (χ1n) is 10.9. The zero-order chi connectivity index (χ0) is 21.1. The lowest BCUT2D eigenvalue weighted by atomic mass is 10.1. The molecule has 32 heavy (non-hydrogen) atoms. The molecule has 2 aromatic heterocycles. The van der Waals surface area contributed by atoms with E-state index in [2.05, 4.69) is 108 Å². The molecule has 0 aliphatic rings. The van der Waals surface area contributed by atoms with E-state index in [4.69, 9.17) is 4.42 Å². The maximum Gasteiger partial charge on any atom is 0.137 e. The smallest absolute Gasteiger partial charge is 0.137 e. The first kappa shape index (κ1) is 17.4. The van der Waals surface area contributed by atoms with Crippen molar-refractivity contribution in [2.45, 2.75) is 0 Å². The second-order valence-electron chi connectivity index (χ2n) is 8.23. The number of benzene rings is 5. The van der Waals surface area contributed by atoms with Crippen molar-refractivity contribution in [1.29, 1.82) is 0 Å². The van der Waals surface area contributed by atoms with E-state index in [9.17, 15) is 0 Å². The van der Waals surface area contributed by atoms with Crippen LogP contribution in [0.3, 0.4) is 0 Å². The van der Waals surface area contributed by atoms with Crippen molar-refractivity contribution < 1.29 is 4.42 Å². The summed E-state index contributed by atoms with van der Waals surface area (Å²) in [4.78, 5) is 0. The number of fused-ring (bicyclic) bond motifs is 6. The average molecular weight is 409 g/mol. The second-order valence-corrected chi connectivity index (χ2v) is 8.23. The fourth-order valence-corrected chi connectivity index (χ4v) is 4.92. The van der Waals surface area contributed by atoms with Crippen LogP contribution in [-0.4, -0.2) is 4.57 Å². The molecule has 0 spiro atoms. The van der Waals surface area contributed by atoms with Crippen LogP contribution in [0.15, 0.2) is 120 Å². The Kier molecular flexibility index (Phi) is 3.58. The van der Waals surface area contributed by atoms with Gasteiger partial charge in [0.25, 0.3) is 0 Å². The highest BCUT2D eigenvalue weighted by Crippen LogP contribution is 2.38. The third kappa shape index (κ3) is 2.47. The van der Waals surface area contributed by atoms with E-state index >= 15 is 0 Å². The van der Waals surface area contributed by atoms with Gasteiger partial charge in [0.2, 0.25) is 0 Å². The highest BCUT2D eigenvalue weighted by atomic mass is 16.3. The number of para-hydroxylation sites is 2. The molecule has 0 unspecified atom stereocenters. The molecule has 0 fully saturated rings. The molecule has 2 nitrogen and oxygen atoms in total. The van der Waals surface area contributed by atoms with Crippen molar-refractivity contribution in [3.05, 3.63) is 115 Å². The molecule has 150 valence electrons. The standard InChI is InChI=1S/C30H19NO/c1-2-9-20(10-3-1)21-11-8-12-22(17-21)31-27-15-6-4-13-23(27)25-18-26-24-14-5-7-16-29(24)32-30(26)19-28(25)31/h1-19H. The molecule has 2 heterocycles. The van der Waals surface area contributed by atoms with Crippen LogP contribution in [-0.2, 0) is 0 Å². The number of aromatic nitrogens is 1. The molecule has 0 aliphatic carbocycles. The lowest BCUT2D eigenvalue weighted by molar-refractivity contribution is 0.669. The fourth-order valence-electron chi connectivity index (χ4n) is 4.92. The van der Waals surface area contributed by atoms with E-state index in [0.717, 1.165) is 33.1 Å². The largest absolute Gasteiger partial charge is 0.456 e. The van der Waals surface area contributed by atoms with Crippen LogP contribution in [0.5, 0.6) is 0 Å². The minimum Gasteiger partial charge on any atom is -0.456 e. The zero-order valence-corrected chi connectivity index (χ0v) is 17.3. The maximum absolute atomic E-state index is 6.23. The molecule has 0 N–H and O–H groups in total. The average Bonchev–Trinajstić information content (AvgIpc) is 3.38. The molecule has 2 heteroatoms. The Balaban J connectivity index is 1.57. The Labute approximate surface area is 184 Å². The summed E-state index contributed by atoms with van der Waals surface area (Å²) in [6.45, 7) is 0. The predicted octanol–water partition coefficient (Wildman–Crippen LogP) is 8.35. The van der Waals surface area contributed by atoms with E-state index in [1.54, 1.807) is 0 Å². The quantitative estimate of drug-likeness (QED) is 0.280. The molecule has 0 aliphatic heterocycles. The monoisotopic (exact) mass is 409 g/mol. The predicted molar refractivity (Wildman–Crippen MR) is 133 cm³/mol. The maximum atomic E-state index is 6.23. The minimum atomic E-state index is 0.918. The van der Waals surface area contributed by atoms with Gasteiger partial charge in [0, 0.05) is 33.3 Å². The molecule has 5 aromatic carbocycles. The number of hydrogen-bond donors (Lipinski definition) is 0. The molecule has 0 amide bonds. The Morgan fingerprint density at radius 3 is 2.09 bits per heavy atom. The van der Waals surface area contributed by atoms with Gasteiger partial charge in [0.15, 0.2) is 0 Å². The van der Waals surface area contributed by atoms with Gasteiger partial charge in [-0.3, -0.25) is 0 Å². The number of rotatable bonds is 2. The topological polar surface area (TPSA) is 18.1 Å². The number of furan rings is 1. The van der Waals surface area contributed by atoms with Gasteiger partial charge in [0.1, 0.15) is 11.2 Å². The fraction of sp³-hybridized carbons (Fsp3) is 0. The van der Waals surface area contributed by atoms with Crippen LogP contribution in [0, 0.1) is 0 Å².